The molecule has 1 aromatic rings. The van der Waals surface area contributed by atoms with Crippen molar-refractivity contribution in [3.63, 3.8) is 0 Å². The number of methoxy groups -OCH3 is 2. The zero-order valence-corrected chi connectivity index (χ0v) is 12.2. The van der Waals surface area contributed by atoms with Crippen molar-refractivity contribution in [1.82, 2.24) is 10.2 Å². The van der Waals surface area contributed by atoms with Crippen LogP contribution in [-0.2, 0) is 19.1 Å². The predicted molar refractivity (Wildman–Crippen MR) is 76.6 cm³/mol. The summed E-state index contributed by atoms with van der Waals surface area (Å²) >= 11 is 0. The van der Waals surface area contributed by atoms with E-state index < -0.39 is 6.04 Å². The van der Waals surface area contributed by atoms with E-state index in [0.717, 1.165) is 5.56 Å². The average Bonchev–Trinajstić information content (AvgIpc) is 2.51. The van der Waals surface area contributed by atoms with E-state index in [1.54, 1.807) is 19.1 Å². The van der Waals surface area contributed by atoms with Crippen LogP contribution in [0.1, 0.15) is 11.6 Å². The van der Waals surface area contributed by atoms with Crippen molar-refractivity contribution in [2.24, 2.45) is 0 Å². The molecule has 0 saturated carbocycles. The molecule has 1 aliphatic heterocycles. The molecular formula is C15H20N2O4. The molecular weight excluding hydrogens is 272 g/mol. The molecule has 2 unspecified atom stereocenters. The Bertz CT molecular complexity index is 492. The lowest BCUT2D eigenvalue weighted by atomic mass is 10.0. The van der Waals surface area contributed by atoms with Gasteiger partial charge < -0.3 is 19.7 Å². The Morgan fingerprint density at radius 1 is 1.29 bits per heavy atom. The van der Waals surface area contributed by atoms with Crippen LogP contribution in [0.2, 0.25) is 0 Å². The van der Waals surface area contributed by atoms with Gasteiger partial charge in [-0.2, -0.15) is 0 Å². The first-order valence-corrected chi connectivity index (χ1v) is 6.81. The van der Waals surface area contributed by atoms with E-state index in [-0.39, 0.29) is 24.5 Å². The molecule has 2 amide bonds. The molecule has 1 aromatic carbocycles. The molecule has 1 heterocycles. The highest BCUT2D eigenvalue weighted by Gasteiger charge is 2.36. The van der Waals surface area contributed by atoms with E-state index >= 15 is 0 Å². The molecule has 2 rings (SSSR count). The summed E-state index contributed by atoms with van der Waals surface area (Å²) < 4.78 is 10.4. The zero-order valence-electron chi connectivity index (χ0n) is 12.2. The van der Waals surface area contributed by atoms with Gasteiger partial charge in [-0.05, 0) is 5.56 Å². The van der Waals surface area contributed by atoms with Crippen molar-refractivity contribution in [3.8, 4) is 0 Å². The van der Waals surface area contributed by atoms with Gasteiger partial charge >= 0.3 is 0 Å². The van der Waals surface area contributed by atoms with Gasteiger partial charge in [0.05, 0.1) is 25.8 Å². The van der Waals surface area contributed by atoms with Crippen LogP contribution in [-0.4, -0.2) is 56.7 Å². The maximum atomic E-state index is 12.2. The lowest BCUT2D eigenvalue weighted by molar-refractivity contribution is -0.148. The van der Waals surface area contributed by atoms with Crippen molar-refractivity contribution in [2.45, 2.75) is 12.1 Å². The van der Waals surface area contributed by atoms with Gasteiger partial charge in [-0.3, -0.25) is 9.59 Å². The van der Waals surface area contributed by atoms with Crippen LogP contribution in [0.3, 0.4) is 0 Å². The van der Waals surface area contributed by atoms with Crippen LogP contribution in [0.25, 0.3) is 0 Å². The van der Waals surface area contributed by atoms with Crippen molar-refractivity contribution >= 4 is 11.8 Å². The number of nitrogens with one attached hydrogen (secondary N) is 1. The second-order valence-corrected chi connectivity index (χ2v) is 4.89. The highest BCUT2D eigenvalue weighted by atomic mass is 16.5. The minimum Gasteiger partial charge on any atom is -0.382 e. The summed E-state index contributed by atoms with van der Waals surface area (Å²) in [5.74, 6) is -0.297. The topological polar surface area (TPSA) is 67.9 Å². The minimum atomic E-state index is -0.623. The third kappa shape index (κ3) is 3.59. The maximum absolute atomic E-state index is 12.2. The molecule has 0 bridgehead atoms. The number of benzene rings is 1. The fourth-order valence-electron chi connectivity index (χ4n) is 2.42. The first kappa shape index (κ1) is 15.5. The van der Waals surface area contributed by atoms with Crippen LogP contribution in [0.15, 0.2) is 30.3 Å². The molecule has 0 spiro atoms. The Kier molecular flexibility index (Phi) is 5.30. The summed E-state index contributed by atoms with van der Waals surface area (Å²) in [6, 6.07) is 8.63. The van der Waals surface area contributed by atoms with Crippen LogP contribution in [0, 0.1) is 0 Å². The number of hydrogen-bond donors (Lipinski definition) is 1. The lowest BCUT2D eigenvalue weighted by Gasteiger charge is -2.36. The van der Waals surface area contributed by atoms with Crippen molar-refractivity contribution in [1.29, 1.82) is 0 Å². The molecule has 1 aliphatic rings. The van der Waals surface area contributed by atoms with Crippen molar-refractivity contribution in [3.05, 3.63) is 35.9 Å². The van der Waals surface area contributed by atoms with Gasteiger partial charge in [-0.15, -0.1) is 0 Å². The summed E-state index contributed by atoms with van der Waals surface area (Å²) in [5, 5.41) is 2.63. The number of nitrogens with zero attached hydrogens (tertiary/aromatic N) is 1. The molecule has 1 saturated heterocycles. The first-order chi connectivity index (χ1) is 10.2. The normalized spacial score (nSPS) is 20.3. The quantitative estimate of drug-likeness (QED) is 0.821. The van der Waals surface area contributed by atoms with E-state index in [2.05, 4.69) is 5.32 Å². The lowest BCUT2D eigenvalue weighted by Crippen LogP contribution is -2.55. The second kappa shape index (κ2) is 7.19. The van der Waals surface area contributed by atoms with Crippen molar-refractivity contribution in [2.75, 3.05) is 33.9 Å². The SMILES string of the molecule is COCC(CN1C(=O)CNC(=O)C1c1ccccc1)OC. The Balaban J connectivity index is 2.24. The van der Waals surface area contributed by atoms with Gasteiger partial charge in [0.15, 0.2) is 0 Å². The fraction of sp³-hybridized carbons (Fsp3) is 0.467. The molecule has 1 fully saturated rings. The minimum absolute atomic E-state index is 0.0194. The van der Waals surface area contributed by atoms with E-state index in [1.807, 2.05) is 30.3 Å². The van der Waals surface area contributed by atoms with Gasteiger partial charge in [0.25, 0.3) is 0 Å². The summed E-state index contributed by atoms with van der Waals surface area (Å²) in [7, 11) is 3.14. The summed E-state index contributed by atoms with van der Waals surface area (Å²) in [5.41, 5.74) is 0.787. The number of hydrogen-bond acceptors (Lipinski definition) is 4. The van der Waals surface area contributed by atoms with Gasteiger partial charge in [0.1, 0.15) is 6.04 Å². The Morgan fingerprint density at radius 3 is 2.62 bits per heavy atom. The molecule has 114 valence electrons. The Labute approximate surface area is 124 Å². The highest BCUT2D eigenvalue weighted by Crippen LogP contribution is 2.24. The molecule has 6 heteroatoms. The number of ether oxygens (including phenoxy) is 2. The van der Waals surface area contributed by atoms with Crippen LogP contribution in [0.4, 0.5) is 0 Å². The molecule has 0 aliphatic carbocycles. The van der Waals surface area contributed by atoms with E-state index in [1.165, 1.54) is 0 Å². The number of carbonyl (C=O) groups is 2. The van der Waals surface area contributed by atoms with E-state index in [4.69, 9.17) is 9.47 Å². The molecule has 21 heavy (non-hydrogen) atoms. The van der Waals surface area contributed by atoms with Gasteiger partial charge in [-0.1, -0.05) is 30.3 Å². The smallest absolute Gasteiger partial charge is 0.247 e. The van der Waals surface area contributed by atoms with Gasteiger partial charge in [0, 0.05) is 14.2 Å². The predicted octanol–water partition coefficient (Wildman–Crippen LogP) is 0.348. The van der Waals surface area contributed by atoms with Crippen molar-refractivity contribution < 1.29 is 19.1 Å². The summed E-state index contributed by atoms with van der Waals surface area (Å²) in [6.45, 7) is 0.700. The zero-order chi connectivity index (χ0) is 15.2. The number of piperazine rings is 1. The van der Waals surface area contributed by atoms with Gasteiger partial charge in [-0.25, -0.2) is 0 Å². The third-order valence-corrected chi connectivity index (χ3v) is 3.50. The standard InChI is InChI=1S/C15H20N2O4/c1-20-10-12(21-2)9-17-13(18)8-16-15(19)14(17)11-6-4-3-5-7-11/h3-7,12,14H,8-10H2,1-2H3,(H,16,19). The Hall–Kier alpha value is -1.92. The molecule has 6 nitrogen and oxygen atoms in total. The molecule has 1 N–H and O–H groups in total. The summed E-state index contributed by atoms with van der Waals surface area (Å²) in [4.78, 5) is 26.0. The fourth-order valence-corrected chi connectivity index (χ4v) is 2.42. The third-order valence-electron chi connectivity index (χ3n) is 3.50. The number of rotatable bonds is 6. The summed E-state index contributed by atoms with van der Waals surface area (Å²) in [6.07, 6.45) is -0.268. The number of amides is 2. The largest absolute Gasteiger partial charge is 0.382 e. The van der Waals surface area contributed by atoms with E-state index in [9.17, 15) is 9.59 Å². The Morgan fingerprint density at radius 2 is 2.00 bits per heavy atom. The monoisotopic (exact) mass is 292 g/mol. The van der Waals surface area contributed by atoms with Crippen LogP contribution >= 0.6 is 0 Å². The number of carbonyl (C=O) groups excluding carboxylic acids is 2. The maximum Gasteiger partial charge on any atom is 0.247 e. The highest BCUT2D eigenvalue weighted by molar-refractivity contribution is 5.95. The van der Waals surface area contributed by atoms with Crippen LogP contribution < -0.4 is 5.32 Å². The van der Waals surface area contributed by atoms with Gasteiger partial charge in [0.2, 0.25) is 11.8 Å². The van der Waals surface area contributed by atoms with Crippen LogP contribution in [0.5, 0.6) is 0 Å². The second-order valence-electron chi connectivity index (χ2n) is 4.89. The molecule has 2 atom stereocenters. The average molecular weight is 292 g/mol. The molecule has 0 aromatic heterocycles. The van der Waals surface area contributed by atoms with E-state index in [0.29, 0.717) is 13.2 Å². The molecule has 0 radical (unpaired) electrons. The first-order valence-electron chi connectivity index (χ1n) is 6.81.